The van der Waals surface area contributed by atoms with Gasteiger partial charge in [0.15, 0.2) is 0 Å². The standard InChI is InChI=1S/C20H26N4O/c1-14-22-18-13-25-19-7-3-2-6-16(19)11-17(18)20(23-14)24-10-4-5-15(12-24)8-9-21/h2-3,6-7,15H,4-5,8-13,21H2,1H3/t15-/m0/s1. The van der Waals surface area contributed by atoms with Crippen LogP contribution in [0.3, 0.4) is 0 Å². The number of nitrogens with two attached hydrogens (primary N) is 1. The highest BCUT2D eigenvalue weighted by Gasteiger charge is 2.26. The maximum Gasteiger partial charge on any atom is 0.136 e. The number of piperidine rings is 1. The van der Waals surface area contributed by atoms with Gasteiger partial charge in [0.1, 0.15) is 24.0 Å². The van der Waals surface area contributed by atoms with Crippen LogP contribution in [-0.4, -0.2) is 29.6 Å². The van der Waals surface area contributed by atoms with Crippen LogP contribution in [0.25, 0.3) is 0 Å². The molecule has 25 heavy (non-hydrogen) atoms. The molecule has 5 heteroatoms. The van der Waals surface area contributed by atoms with E-state index in [2.05, 4.69) is 22.0 Å². The van der Waals surface area contributed by atoms with Crippen LogP contribution in [0.15, 0.2) is 24.3 Å². The summed E-state index contributed by atoms with van der Waals surface area (Å²) in [5.74, 6) is 3.55. The Labute approximate surface area is 149 Å². The monoisotopic (exact) mass is 338 g/mol. The summed E-state index contributed by atoms with van der Waals surface area (Å²) in [7, 11) is 0. The van der Waals surface area contributed by atoms with Crippen LogP contribution >= 0.6 is 0 Å². The highest BCUT2D eigenvalue weighted by atomic mass is 16.5. The molecule has 0 radical (unpaired) electrons. The SMILES string of the molecule is Cc1nc2c(c(N3CCC[C@@H](CCN)C3)n1)Cc1ccccc1OC2. The Hall–Kier alpha value is -2.14. The first-order chi connectivity index (χ1) is 12.2. The first kappa shape index (κ1) is 16.3. The molecule has 5 nitrogen and oxygen atoms in total. The van der Waals surface area contributed by atoms with Gasteiger partial charge in [-0.15, -0.1) is 0 Å². The number of benzene rings is 1. The van der Waals surface area contributed by atoms with E-state index in [1.807, 2.05) is 19.1 Å². The predicted octanol–water partition coefficient (Wildman–Crippen LogP) is 2.83. The Balaban J connectivity index is 1.71. The average molecular weight is 338 g/mol. The summed E-state index contributed by atoms with van der Waals surface area (Å²) in [4.78, 5) is 12.0. The Morgan fingerprint density at radius 2 is 2.16 bits per heavy atom. The molecule has 1 saturated heterocycles. The number of hydrogen-bond acceptors (Lipinski definition) is 5. The number of rotatable bonds is 3. The summed E-state index contributed by atoms with van der Waals surface area (Å²) in [6.07, 6.45) is 4.40. The van der Waals surface area contributed by atoms with Crippen LogP contribution in [0.2, 0.25) is 0 Å². The second-order valence-electron chi connectivity index (χ2n) is 7.12. The maximum atomic E-state index is 6.01. The molecule has 0 amide bonds. The van der Waals surface area contributed by atoms with Crippen LogP contribution in [-0.2, 0) is 13.0 Å². The zero-order valence-electron chi connectivity index (χ0n) is 14.9. The minimum absolute atomic E-state index is 0.517. The highest BCUT2D eigenvalue weighted by molar-refractivity contribution is 5.54. The van der Waals surface area contributed by atoms with Crippen molar-refractivity contribution in [2.45, 2.75) is 39.2 Å². The van der Waals surface area contributed by atoms with E-state index in [9.17, 15) is 0 Å². The van der Waals surface area contributed by atoms with Gasteiger partial charge >= 0.3 is 0 Å². The average Bonchev–Trinajstić information content (AvgIpc) is 2.81. The number of para-hydroxylation sites is 1. The van der Waals surface area contributed by atoms with E-state index in [0.29, 0.717) is 12.5 Å². The quantitative estimate of drug-likeness (QED) is 0.932. The molecule has 2 aromatic rings. The molecule has 0 aliphatic carbocycles. The van der Waals surface area contributed by atoms with E-state index in [4.69, 9.17) is 15.5 Å². The van der Waals surface area contributed by atoms with Gasteiger partial charge < -0.3 is 15.4 Å². The van der Waals surface area contributed by atoms with Crippen molar-refractivity contribution < 1.29 is 4.74 Å². The van der Waals surface area contributed by atoms with Crippen molar-refractivity contribution in [1.82, 2.24) is 9.97 Å². The van der Waals surface area contributed by atoms with Gasteiger partial charge in [-0.2, -0.15) is 0 Å². The Morgan fingerprint density at radius 1 is 1.28 bits per heavy atom. The number of ether oxygens (including phenoxy) is 1. The molecule has 0 bridgehead atoms. The van der Waals surface area contributed by atoms with E-state index >= 15 is 0 Å². The first-order valence-corrected chi connectivity index (χ1v) is 9.26. The number of anilines is 1. The summed E-state index contributed by atoms with van der Waals surface area (Å²) in [5, 5.41) is 0. The minimum atomic E-state index is 0.517. The van der Waals surface area contributed by atoms with E-state index in [0.717, 1.165) is 55.6 Å². The molecule has 1 fully saturated rings. The maximum absolute atomic E-state index is 6.01. The molecule has 2 N–H and O–H groups in total. The van der Waals surface area contributed by atoms with Gasteiger partial charge in [-0.05, 0) is 50.3 Å². The van der Waals surface area contributed by atoms with Crippen LogP contribution in [0.4, 0.5) is 5.82 Å². The molecule has 0 unspecified atom stereocenters. The van der Waals surface area contributed by atoms with Gasteiger partial charge in [-0.1, -0.05) is 18.2 Å². The molecular formula is C20H26N4O. The van der Waals surface area contributed by atoms with E-state index in [1.54, 1.807) is 0 Å². The summed E-state index contributed by atoms with van der Waals surface area (Å²) in [6.45, 7) is 5.36. The van der Waals surface area contributed by atoms with E-state index in [-0.39, 0.29) is 0 Å². The zero-order valence-corrected chi connectivity index (χ0v) is 14.9. The molecule has 4 rings (SSSR count). The Bertz CT molecular complexity index is 759. The first-order valence-electron chi connectivity index (χ1n) is 9.26. The fourth-order valence-corrected chi connectivity index (χ4v) is 4.06. The fraction of sp³-hybridized carbons (Fsp3) is 0.500. The zero-order chi connectivity index (χ0) is 17.2. The summed E-state index contributed by atoms with van der Waals surface area (Å²) < 4.78 is 6.01. The predicted molar refractivity (Wildman–Crippen MR) is 99.0 cm³/mol. The molecule has 1 aromatic carbocycles. The second-order valence-corrected chi connectivity index (χ2v) is 7.12. The van der Waals surface area contributed by atoms with Gasteiger partial charge in [0.05, 0.1) is 5.69 Å². The van der Waals surface area contributed by atoms with Crippen LogP contribution < -0.4 is 15.4 Å². The smallest absolute Gasteiger partial charge is 0.136 e. The summed E-state index contributed by atoms with van der Waals surface area (Å²) in [5.41, 5.74) is 9.26. The topological polar surface area (TPSA) is 64.3 Å². The lowest BCUT2D eigenvalue weighted by Crippen LogP contribution is -2.37. The van der Waals surface area contributed by atoms with Crippen molar-refractivity contribution in [2.75, 3.05) is 24.5 Å². The van der Waals surface area contributed by atoms with Crippen LogP contribution in [0, 0.1) is 12.8 Å². The van der Waals surface area contributed by atoms with Gasteiger partial charge in [-0.25, -0.2) is 9.97 Å². The molecule has 0 saturated carbocycles. The van der Waals surface area contributed by atoms with Crippen molar-refractivity contribution in [3.8, 4) is 5.75 Å². The van der Waals surface area contributed by atoms with Crippen molar-refractivity contribution >= 4 is 5.82 Å². The third kappa shape index (κ3) is 3.33. The number of hydrogen-bond donors (Lipinski definition) is 1. The number of nitrogens with zero attached hydrogens (tertiary/aromatic N) is 3. The molecular weight excluding hydrogens is 312 g/mol. The van der Waals surface area contributed by atoms with Gasteiger partial charge in [0.25, 0.3) is 0 Å². The van der Waals surface area contributed by atoms with Gasteiger partial charge in [0, 0.05) is 25.1 Å². The number of fused-ring (bicyclic) bond motifs is 2. The Kier molecular flexibility index (Phi) is 4.57. The molecule has 1 atom stereocenters. The van der Waals surface area contributed by atoms with Crippen LogP contribution in [0.1, 0.15) is 41.9 Å². The third-order valence-electron chi connectivity index (χ3n) is 5.28. The fourth-order valence-electron chi connectivity index (χ4n) is 4.06. The number of aryl methyl sites for hydroxylation is 1. The van der Waals surface area contributed by atoms with E-state index < -0.39 is 0 Å². The normalized spacial score (nSPS) is 19.6. The molecule has 2 aliphatic rings. The van der Waals surface area contributed by atoms with Gasteiger partial charge in [-0.3, -0.25) is 0 Å². The summed E-state index contributed by atoms with van der Waals surface area (Å²) in [6, 6.07) is 8.27. The van der Waals surface area contributed by atoms with Crippen molar-refractivity contribution in [2.24, 2.45) is 11.7 Å². The van der Waals surface area contributed by atoms with Crippen molar-refractivity contribution in [3.05, 3.63) is 46.9 Å². The Morgan fingerprint density at radius 3 is 3.04 bits per heavy atom. The van der Waals surface area contributed by atoms with Crippen LogP contribution in [0.5, 0.6) is 5.75 Å². The highest BCUT2D eigenvalue weighted by Crippen LogP contribution is 2.33. The molecule has 0 spiro atoms. The van der Waals surface area contributed by atoms with Gasteiger partial charge in [0.2, 0.25) is 0 Å². The molecule has 1 aromatic heterocycles. The second kappa shape index (κ2) is 7.00. The molecule has 2 aliphatic heterocycles. The minimum Gasteiger partial charge on any atom is -0.487 e. The lowest BCUT2D eigenvalue weighted by molar-refractivity contribution is 0.301. The van der Waals surface area contributed by atoms with Crippen molar-refractivity contribution in [1.29, 1.82) is 0 Å². The third-order valence-corrected chi connectivity index (χ3v) is 5.28. The number of aromatic nitrogens is 2. The largest absolute Gasteiger partial charge is 0.487 e. The van der Waals surface area contributed by atoms with E-state index in [1.165, 1.54) is 24.0 Å². The lowest BCUT2D eigenvalue weighted by atomic mass is 9.94. The summed E-state index contributed by atoms with van der Waals surface area (Å²) >= 11 is 0. The molecule has 132 valence electrons. The lowest BCUT2D eigenvalue weighted by Gasteiger charge is -2.35. The molecule has 3 heterocycles. The van der Waals surface area contributed by atoms with Crippen molar-refractivity contribution in [3.63, 3.8) is 0 Å².